The maximum absolute atomic E-state index is 4.58. The van der Waals surface area contributed by atoms with Crippen LogP contribution in [0.15, 0.2) is 27.1 Å². The molecule has 0 radical (unpaired) electrons. The number of guanidine groups is 1. The Balaban J connectivity index is 1.79. The van der Waals surface area contributed by atoms with Gasteiger partial charge in [-0.05, 0) is 12.3 Å². The summed E-state index contributed by atoms with van der Waals surface area (Å²) in [7, 11) is 5.87. The number of thiazole rings is 1. The standard InChI is InChI=1S/C17H28N6S2/c1-13(2)15-14(12-23(5)21-15)11-22(4)16(18-3)19-7-6-9-24-17-20-8-10-25-17/h8,10,12-13H,6-7,9,11H2,1-5H3,(H,18,19). The SMILES string of the molecule is CN=C(NCCCSc1nccs1)N(C)Cc1cn(C)nc1C(C)C. The minimum atomic E-state index is 0.419. The van der Waals surface area contributed by atoms with Crippen LogP contribution >= 0.6 is 23.1 Å². The largest absolute Gasteiger partial charge is 0.356 e. The van der Waals surface area contributed by atoms with Crippen molar-refractivity contribution >= 4 is 29.1 Å². The minimum Gasteiger partial charge on any atom is -0.356 e. The summed E-state index contributed by atoms with van der Waals surface area (Å²) in [4.78, 5) is 10.8. The Morgan fingerprint density at radius 3 is 2.92 bits per heavy atom. The minimum absolute atomic E-state index is 0.419. The van der Waals surface area contributed by atoms with Crippen molar-refractivity contribution in [3.05, 3.63) is 29.0 Å². The van der Waals surface area contributed by atoms with Crippen molar-refractivity contribution in [3.63, 3.8) is 0 Å². The number of aromatic nitrogens is 3. The van der Waals surface area contributed by atoms with Gasteiger partial charge >= 0.3 is 0 Å². The van der Waals surface area contributed by atoms with Crippen molar-refractivity contribution in [2.45, 2.75) is 37.1 Å². The molecular weight excluding hydrogens is 352 g/mol. The van der Waals surface area contributed by atoms with Crippen molar-refractivity contribution < 1.29 is 0 Å². The van der Waals surface area contributed by atoms with E-state index in [2.05, 4.69) is 52.4 Å². The predicted octanol–water partition coefficient (Wildman–Crippen LogP) is 3.19. The van der Waals surface area contributed by atoms with E-state index >= 15 is 0 Å². The van der Waals surface area contributed by atoms with E-state index in [9.17, 15) is 0 Å². The molecular formula is C17H28N6S2. The molecule has 0 aromatic carbocycles. The smallest absolute Gasteiger partial charge is 0.193 e. The third kappa shape index (κ3) is 6.04. The summed E-state index contributed by atoms with van der Waals surface area (Å²) < 4.78 is 3.03. The summed E-state index contributed by atoms with van der Waals surface area (Å²) in [6, 6.07) is 0. The quantitative estimate of drug-likeness (QED) is 0.330. The molecule has 0 aliphatic rings. The molecule has 2 rings (SSSR count). The number of aryl methyl sites for hydroxylation is 1. The number of rotatable bonds is 8. The highest BCUT2D eigenvalue weighted by molar-refractivity contribution is 8.00. The summed E-state index contributed by atoms with van der Waals surface area (Å²) in [5, 5.41) is 10.0. The van der Waals surface area contributed by atoms with E-state index in [0.717, 1.165) is 41.3 Å². The second-order valence-corrected chi connectivity index (χ2v) is 8.43. The Labute approximate surface area is 158 Å². The number of nitrogens with one attached hydrogen (secondary N) is 1. The number of hydrogen-bond donors (Lipinski definition) is 1. The van der Waals surface area contributed by atoms with Crippen LogP contribution in [-0.4, -0.2) is 52.0 Å². The second kappa shape index (κ2) is 9.82. The average molecular weight is 381 g/mol. The molecule has 8 heteroatoms. The fraction of sp³-hybridized carbons (Fsp3) is 0.588. The summed E-state index contributed by atoms with van der Waals surface area (Å²) in [6.45, 7) is 6.06. The lowest BCUT2D eigenvalue weighted by atomic mass is 10.1. The molecule has 2 heterocycles. The van der Waals surface area contributed by atoms with Crippen LogP contribution in [0, 0.1) is 0 Å². The molecule has 0 bridgehead atoms. The average Bonchev–Trinajstić information content (AvgIpc) is 3.20. The topological polar surface area (TPSA) is 58.3 Å². The molecule has 1 N–H and O–H groups in total. The molecule has 0 saturated heterocycles. The number of nitrogens with zero attached hydrogens (tertiary/aromatic N) is 5. The zero-order valence-electron chi connectivity index (χ0n) is 15.7. The van der Waals surface area contributed by atoms with Crippen LogP contribution in [0.5, 0.6) is 0 Å². The van der Waals surface area contributed by atoms with Gasteiger partial charge in [0.2, 0.25) is 0 Å². The Bertz CT molecular complexity index is 663. The van der Waals surface area contributed by atoms with Crippen LogP contribution in [0.4, 0.5) is 0 Å². The lowest BCUT2D eigenvalue weighted by molar-refractivity contribution is 0.473. The van der Waals surface area contributed by atoms with Crippen LogP contribution in [-0.2, 0) is 13.6 Å². The van der Waals surface area contributed by atoms with Crippen molar-refractivity contribution in [2.75, 3.05) is 26.4 Å². The highest BCUT2D eigenvalue weighted by Gasteiger charge is 2.14. The highest BCUT2D eigenvalue weighted by Crippen LogP contribution is 2.20. The van der Waals surface area contributed by atoms with Gasteiger partial charge < -0.3 is 10.2 Å². The van der Waals surface area contributed by atoms with Gasteiger partial charge in [-0.3, -0.25) is 9.67 Å². The van der Waals surface area contributed by atoms with Gasteiger partial charge in [-0.2, -0.15) is 5.10 Å². The summed E-state index contributed by atoms with van der Waals surface area (Å²) in [6.07, 6.45) is 5.02. The Kier molecular flexibility index (Phi) is 7.77. The molecule has 25 heavy (non-hydrogen) atoms. The van der Waals surface area contributed by atoms with E-state index in [-0.39, 0.29) is 0 Å². The highest BCUT2D eigenvalue weighted by atomic mass is 32.2. The van der Waals surface area contributed by atoms with Gasteiger partial charge in [0.1, 0.15) is 4.34 Å². The van der Waals surface area contributed by atoms with E-state index in [1.807, 2.05) is 42.1 Å². The monoisotopic (exact) mass is 380 g/mol. The first-order valence-corrected chi connectivity index (χ1v) is 10.3. The lowest BCUT2D eigenvalue weighted by Gasteiger charge is -2.22. The summed E-state index contributed by atoms with van der Waals surface area (Å²) in [5.41, 5.74) is 2.41. The lowest BCUT2D eigenvalue weighted by Crippen LogP contribution is -2.39. The molecule has 0 unspecified atom stereocenters. The predicted molar refractivity (Wildman–Crippen MR) is 108 cm³/mol. The van der Waals surface area contributed by atoms with E-state index < -0.39 is 0 Å². The zero-order valence-corrected chi connectivity index (χ0v) is 17.3. The van der Waals surface area contributed by atoms with Crippen LogP contribution in [0.3, 0.4) is 0 Å². The number of thioether (sulfide) groups is 1. The molecule has 138 valence electrons. The van der Waals surface area contributed by atoms with E-state index in [4.69, 9.17) is 0 Å². The van der Waals surface area contributed by atoms with Gasteiger partial charge in [0.15, 0.2) is 5.96 Å². The van der Waals surface area contributed by atoms with E-state index in [1.54, 1.807) is 11.3 Å². The van der Waals surface area contributed by atoms with Gasteiger partial charge in [0.25, 0.3) is 0 Å². The van der Waals surface area contributed by atoms with Crippen LogP contribution in [0.25, 0.3) is 0 Å². The van der Waals surface area contributed by atoms with Crippen LogP contribution in [0.2, 0.25) is 0 Å². The molecule has 6 nitrogen and oxygen atoms in total. The van der Waals surface area contributed by atoms with Gasteiger partial charge in [-0.25, -0.2) is 4.98 Å². The van der Waals surface area contributed by atoms with Crippen LogP contribution < -0.4 is 5.32 Å². The summed E-state index contributed by atoms with van der Waals surface area (Å²) in [5.74, 6) is 2.39. The summed E-state index contributed by atoms with van der Waals surface area (Å²) >= 11 is 3.50. The number of hydrogen-bond acceptors (Lipinski definition) is 5. The fourth-order valence-electron chi connectivity index (χ4n) is 2.59. The normalized spacial score (nSPS) is 12.0. The van der Waals surface area contributed by atoms with Crippen molar-refractivity contribution in [1.29, 1.82) is 0 Å². The number of aliphatic imine (C=N–C) groups is 1. The first-order valence-electron chi connectivity index (χ1n) is 8.47. The van der Waals surface area contributed by atoms with E-state index in [1.165, 1.54) is 5.56 Å². The van der Waals surface area contributed by atoms with Crippen molar-refractivity contribution in [3.8, 4) is 0 Å². The van der Waals surface area contributed by atoms with Crippen LogP contribution in [0.1, 0.15) is 37.4 Å². The van der Waals surface area contributed by atoms with Gasteiger partial charge in [0, 0.05) is 63.3 Å². The second-order valence-electron chi connectivity index (χ2n) is 6.20. The van der Waals surface area contributed by atoms with Crippen molar-refractivity contribution in [2.24, 2.45) is 12.0 Å². The van der Waals surface area contributed by atoms with Gasteiger partial charge in [-0.1, -0.05) is 25.6 Å². The molecule has 0 atom stereocenters. The van der Waals surface area contributed by atoms with E-state index in [0.29, 0.717) is 5.92 Å². The molecule has 0 saturated carbocycles. The van der Waals surface area contributed by atoms with Gasteiger partial charge in [-0.15, -0.1) is 11.3 Å². The maximum Gasteiger partial charge on any atom is 0.193 e. The van der Waals surface area contributed by atoms with Gasteiger partial charge in [0.05, 0.1) is 5.69 Å². The molecule has 0 fully saturated rings. The first kappa shape index (κ1) is 19.8. The zero-order chi connectivity index (χ0) is 18.2. The molecule has 2 aromatic heterocycles. The maximum atomic E-state index is 4.58. The fourth-order valence-corrected chi connectivity index (χ4v) is 4.24. The molecule has 0 aliphatic carbocycles. The molecule has 0 amide bonds. The Hall–Kier alpha value is -1.54. The first-order chi connectivity index (χ1) is 12.0. The molecule has 2 aromatic rings. The third-order valence-corrected chi connectivity index (χ3v) is 5.76. The Morgan fingerprint density at radius 1 is 1.48 bits per heavy atom. The third-order valence-electron chi connectivity index (χ3n) is 3.70. The Morgan fingerprint density at radius 2 is 2.28 bits per heavy atom. The molecule has 0 spiro atoms. The molecule has 0 aliphatic heterocycles. The van der Waals surface area contributed by atoms with Crippen molar-refractivity contribution in [1.82, 2.24) is 25.0 Å².